The number of nitrogens with zero attached hydrogens (tertiary/aromatic N) is 5. The van der Waals surface area contributed by atoms with Gasteiger partial charge >= 0.3 is 12.2 Å². The van der Waals surface area contributed by atoms with Crippen LogP contribution in [0.3, 0.4) is 0 Å². The van der Waals surface area contributed by atoms with Gasteiger partial charge in [0.05, 0.1) is 15.9 Å². The number of nitro benzene ring substituents is 2. The number of hydrogen-bond acceptors (Lipinski definition) is 12. The monoisotopic (exact) mass is 686 g/mol. The highest BCUT2D eigenvalue weighted by atomic mass is 32.1. The van der Waals surface area contributed by atoms with Crippen LogP contribution in [0.1, 0.15) is 37.3 Å². The summed E-state index contributed by atoms with van der Waals surface area (Å²) >= 11 is 4.47. The molecule has 4 amide bonds. The van der Waals surface area contributed by atoms with Crippen molar-refractivity contribution in [2.45, 2.75) is 56.7 Å². The predicted octanol–water partition coefficient (Wildman–Crippen LogP) is 2.72. The van der Waals surface area contributed by atoms with Gasteiger partial charge in [0.2, 0.25) is 17.8 Å². The van der Waals surface area contributed by atoms with Crippen molar-refractivity contribution < 1.29 is 38.5 Å². The molecule has 2 aliphatic heterocycles. The molecule has 2 heterocycles. The fourth-order valence-electron chi connectivity index (χ4n) is 5.23. The van der Waals surface area contributed by atoms with Crippen molar-refractivity contribution >= 4 is 54.0 Å². The molecule has 0 aliphatic carbocycles. The molecule has 256 valence electrons. The fourth-order valence-corrected chi connectivity index (χ4v) is 5.61. The number of benzene rings is 2. The van der Waals surface area contributed by atoms with Crippen LogP contribution in [0.15, 0.2) is 48.5 Å². The van der Waals surface area contributed by atoms with E-state index in [1.807, 2.05) is 0 Å². The average Bonchev–Trinajstić information content (AvgIpc) is 3.72. The van der Waals surface area contributed by atoms with Crippen LogP contribution in [-0.2, 0) is 32.3 Å². The van der Waals surface area contributed by atoms with Gasteiger partial charge in [0.1, 0.15) is 19.3 Å². The van der Waals surface area contributed by atoms with Crippen molar-refractivity contribution in [2.24, 2.45) is 0 Å². The van der Waals surface area contributed by atoms with Gasteiger partial charge in [0.25, 0.3) is 11.4 Å². The van der Waals surface area contributed by atoms with Crippen LogP contribution in [0.5, 0.6) is 0 Å². The van der Waals surface area contributed by atoms with Crippen molar-refractivity contribution in [3.8, 4) is 0 Å². The summed E-state index contributed by atoms with van der Waals surface area (Å²) in [4.78, 5) is 75.1. The minimum Gasteiger partial charge on any atom is -0.445 e. The lowest BCUT2D eigenvalue weighted by atomic mass is 10.2. The summed E-state index contributed by atoms with van der Waals surface area (Å²) in [6.07, 6.45) is -1.04. The van der Waals surface area contributed by atoms with Gasteiger partial charge in [0, 0.05) is 55.6 Å². The largest absolute Gasteiger partial charge is 0.445 e. The van der Waals surface area contributed by atoms with E-state index in [1.165, 1.54) is 63.3 Å². The van der Waals surface area contributed by atoms with E-state index in [9.17, 15) is 39.4 Å². The maximum Gasteiger partial charge on any atom is 0.414 e. The summed E-state index contributed by atoms with van der Waals surface area (Å²) in [5.74, 6) is -1.30. The van der Waals surface area contributed by atoms with Crippen LogP contribution in [0, 0.1) is 25.6 Å². The molecule has 2 aromatic rings. The van der Waals surface area contributed by atoms with Crippen molar-refractivity contribution in [1.29, 1.82) is 5.41 Å². The van der Waals surface area contributed by atoms with E-state index >= 15 is 0 Å². The quantitative estimate of drug-likeness (QED) is 0.0985. The van der Waals surface area contributed by atoms with Gasteiger partial charge in [-0.3, -0.25) is 50.9 Å². The van der Waals surface area contributed by atoms with Gasteiger partial charge in [-0.05, 0) is 48.2 Å². The SMILES string of the molecule is CCC(=O)N(NC(=N)NC(=O)OCc1ccc([N+](=O)[O-])cc1)[C@H]1CCN(C(=O)[C@@H]2C[C@H](S)CN2C(=O)OCc2ccc([N+](=O)[O-])cc2)C1. The normalized spacial score (nSPS) is 18.5. The van der Waals surface area contributed by atoms with Crippen LogP contribution in [0.4, 0.5) is 21.0 Å². The number of nitro groups is 2. The third-order valence-electron chi connectivity index (χ3n) is 7.70. The van der Waals surface area contributed by atoms with E-state index < -0.39 is 46.0 Å². The number of carbonyl (C=O) groups is 4. The molecular weight excluding hydrogens is 652 g/mol. The third kappa shape index (κ3) is 9.08. The molecule has 18 nitrogen and oxygen atoms in total. The number of likely N-dealkylation sites (tertiary alicyclic amines) is 2. The number of alkyl carbamates (subject to hydrolysis) is 1. The minimum absolute atomic E-state index is 0.0631. The first-order chi connectivity index (χ1) is 22.9. The van der Waals surface area contributed by atoms with Gasteiger partial charge in [-0.2, -0.15) is 12.6 Å². The Morgan fingerprint density at radius 2 is 1.52 bits per heavy atom. The zero-order chi connectivity index (χ0) is 35.0. The van der Waals surface area contributed by atoms with E-state index in [0.29, 0.717) is 17.5 Å². The molecule has 0 radical (unpaired) electrons. The number of guanidine groups is 1. The van der Waals surface area contributed by atoms with E-state index in [4.69, 9.17) is 14.9 Å². The molecule has 4 rings (SSSR count). The van der Waals surface area contributed by atoms with Crippen molar-refractivity contribution in [3.05, 3.63) is 79.9 Å². The molecule has 2 fully saturated rings. The lowest BCUT2D eigenvalue weighted by Gasteiger charge is -2.31. The Balaban J connectivity index is 1.30. The molecule has 0 unspecified atom stereocenters. The van der Waals surface area contributed by atoms with Crippen LogP contribution < -0.4 is 10.7 Å². The standard InChI is InChI=1S/C29H34N8O10S/c1-2-25(38)35(32-27(30)31-28(40)46-16-18-3-7-20(8-4-18)36(42)43)22-11-12-33(14-22)26(39)24-13-23(48)15-34(24)29(41)47-17-19-5-9-21(10-6-19)37(44)45/h3-10,22-24,48H,2,11-17H2,1H3,(H3,30,31,32,40)/t22-,23-,24-/m0/s1. The summed E-state index contributed by atoms with van der Waals surface area (Å²) in [5, 5.41) is 32.9. The second-order valence-electron chi connectivity index (χ2n) is 11.0. The average molecular weight is 687 g/mol. The first-order valence-electron chi connectivity index (χ1n) is 14.8. The highest BCUT2D eigenvalue weighted by Gasteiger charge is 2.43. The molecule has 0 saturated carbocycles. The lowest BCUT2D eigenvalue weighted by molar-refractivity contribution is -0.385. The topological polar surface area (TPSA) is 231 Å². The van der Waals surface area contributed by atoms with E-state index in [-0.39, 0.29) is 68.2 Å². The van der Waals surface area contributed by atoms with Gasteiger partial charge < -0.3 is 14.4 Å². The number of nitrogens with one attached hydrogen (secondary N) is 3. The first-order valence-corrected chi connectivity index (χ1v) is 15.4. The second-order valence-corrected chi connectivity index (χ2v) is 11.7. The molecule has 2 aromatic carbocycles. The van der Waals surface area contributed by atoms with Crippen LogP contribution in [-0.4, -0.2) is 91.6 Å². The predicted molar refractivity (Wildman–Crippen MR) is 171 cm³/mol. The zero-order valence-corrected chi connectivity index (χ0v) is 26.7. The maximum atomic E-state index is 13.6. The molecule has 0 bridgehead atoms. The number of rotatable bonds is 9. The van der Waals surface area contributed by atoms with Crippen LogP contribution in [0.25, 0.3) is 0 Å². The van der Waals surface area contributed by atoms with Gasteiger partial charge in [-0.25, -0.2) is 14.6 Å². The summed E-state index contributed by atoms with van der Waals surface area (Å²) in [5.41, 5.74) is 3.37. The fraction of sp³-hybridized carbons (Fsp3) is 0.414. The van der Waals surface area contributed by atoms with E-state index in [1.54, 1.807) is 6.92 Å². The molecule has 48 heavy (non-hydrogen) atoms. The Kier molecular flexibility index (Phi) is 11.7. The van der Waals surface area contributed by atoms with Gasteiger partial charge in [-0.15, -0.1) is 0 Å². The minimum atomic E-state index is -0.999. The number of hydrogen-bond donors (Lipinski definition) is 4. The van der Waals surface area contributed by atoms with Crippen molar-refractivity contribution in [1.82, 2.24) is 25.6 Å². The highest BCUT2D eigenvalue weighted by Crippen LogP contribution is 2.27. The second kappa shape index (κ2) is 15.9. The summed E-state index contributed by atoms with van der Waals surface area (Å²) in [7, 11) is 0. The highest BCUT2D eigenvalue weighted by molar-refractivity contribution is 7.81. The number of ether oxygens (including phenoxy) is 2. The molecule has 0 aromatic heterocycles. The van der Waals surface area contributed by atoms with Crippen LogP contribution in [0.2, 0.25) is 0 Å². The van der Waals surface area contributed by atoms with Gasteiger partial charge in [-0.1, -0.05) is 6.92 Å². The summed E-state index contributed by atoms with van der Waals surface area (Å²) in [6.45, 7) is 1.77. The van der Waals surface area contributed by atoms with E-state index in [0.717, 1.165) is 0 Å². The Labute approximate surface area is 279 Å². The number of amides is 4. The zero-order valence-electron chi connectivity index (χ0n) is 25.8. The number of carbonyl (C=O) groups excluding carboxylic acids is 4. The molecule has 19 heteroatoms. The summed E-state index contributed by atoms with van der Waals surface area (Å²) < 4.78 is 10.5. The lowest BCUT2D eigenvalue weighted by Crippen LogP contribution is -2.57. The Bertz CT molecular complexity index is 1560. The van der Waals surface area contributed by atoms with Crippen molar-refractivity contribution in [3.63, 3.8) is 0 Å². The molecule has 2 saturated heterocycles. The van der Waals surface area contributed by atoms with Crippen molar-refractivity contribution in [2.75, 3.05) is 19.6 Å². The Morgan fingerprint density at radius 1 is 0.958 bits per heavy atom. The van der Waals surface area contributed by atoms with E-state index in [2.05, 4.69) is 23.4 Å². The smallest absolute Gasteiger partial charge is 0.414 e. The number of non-ortho nitro benzene ring substituents is 2. The molecule has 2 aliphatic rings. The van der Waals surface area contributed by atoms with Crippen LogP contribution >= 0.6 is 12.6 Å². The first kappa shape index (κ1) is 35.4. The maximum absolute atomic E-state index is 13.6. The van der Waals surface area contributed by atoms with Gasteiger partial charge in [0.15, 0.2) is 0 Å². The molecular formula is C29H34N8O10S. The number of thiol groups is 1. The molecule has 3 N–H and O–H groups in total. The Hall–Kier alpha value is -5.46. The Morgan fingerprint density at radius 3 is 2.06 bits per heavy atom. The third-order valence-corrected chi connectivity index (χ3v) is 8.07. The summed E-state index contributed by atoms with van der Waals surface area (Å²) in [6, 6.07) is 9.51. The molecule has 0 spiro atoms. The molecule has 3 atom stereocenters. The number of hydrazine groups is 1.